The summed E-state index contributed by atoms with van der Waals surface area (Å²) in [7, 11) is 0. The summed E-state index contributed by atoms with van der Waals surface area (Å²) in [5.41, 5.74) is 7.60. The van der Waals surface area contributed by atoms with Gasteiger partial charge in [0.05, 0.1) is 6.04 Å². The van der Waals surface area contributed by atoms with Gasteiger partial charge in [0, 0.05) is 12.2 Å². The molecule has 38 heavy (non-hydrogen) atoms. The Kier molecular flexibility index (Phi) is 12.1. The van der Waals surface area contributed by atoms with Crippen LogP contribution < -0.4 is 21.7 Å². The van der Waals surface area contributed by atoms with E-state index in [0.29, 0.717) is 6.42 Å². The number of carbonyl (C=O) groups excluding carboxylic acids is 3. The lowest BCUT2D eigenvalue weighted by Crippen LogP contribution is -2.58. The van der Waals surface area contributed by atoms with E-state index in [0.717, 1.165) is 11.1 Å². The first-order chi connectivity index (χ1) is 18.0. The van der Waals surface area contributed by atoms with Crippen molar-refractivity contribution < 1.29 is 29.4 Å². The van der Waals surface area contributed by atoms with Gasteiger partial charge in [0.15, 0.2) is 0 Å². The topological polar surface area (TPSA) is 171 Å². The lowest BCUT2D eigenvalue weighted by Gasteiger charge is -2.26. The molecule has 3 amide bonds. The SMILES string of the molecule is CCC(C)C(NC(=O)C(CS)NC(=O)C(Cc1ccccc1)NC(=O)C(N)Cc1ccc(O)cc1)C(=O)O. The molecule has 0 aliphatic carbocycles. The highest BCUT2D eigenvalue weighted by Gasteiger charge is 2.31. The number of rotatable bonds is 14. The molecule has 206 valence electrons. The van der Waals surface area contributed by atoms with Crippen LogP contribution in [-0.4, -0.2) is 63.8 Å². The Labute approximate surface area is 227 Å². The third-order valence-electron chi connectivity index (χ3n) is 6.24. The number of hydrogen-bond donors (Lipinski definition) is 7. The third kappa shape index (κ3) is 9.38. The van der Waals surface area contributed by atoms with Gasteiger partial charge in [0.1, 0.15) is 23.9 Å². The van der Waals surface area contributed by atoms with Crippen molar-refractivity contribution in [1.29, 1.82) is 0 Å². The van der Waals surface area contributed by atoms with Gasteiger partial charge >= 0.3 is 5.97 Å². The summed E-state index contributed by atoms with van der Waals surface area (Å²) < 4.78 is 0. The molecule has 10 nitrogen and oxygen atoms in total. The average molecular weight is 545 g/mol. The number of thiol groups is 1. The van der Waals surface area contributed by atoms with Crippen LogP contribution in [0.15, 0.2) is 54.6 Å². The zero-order valence-electron chi connectivity index (χ0n) is 21.5. The first-order valence-corrected chi connectivity index (χ1v) is 13.0. The minimum Gasteiger partial charge on any atom is -0.508 e. The summed E-state index contributed by atoms with van der Waals surface area (Å²) in [5.74, 6) is -3.38. The fourth-order valence-electron chi connectivity index (χ4n) is 3.72. The molecule has 0 aliphatic heterocycles. The predicted octanol–water partition coefficient (Wildman–Crippen LogP) is 1.02. The number of nitrogens with two attached hydrogens (primary N) is 1. The van der Waals surface area contributed by atoms with Crippen LogP contribution in [0.25, 0.3) is 0 Å². The number of aromatic hydroxyl groups is 1. The van der Waals surface area contributed by atoms with Crippen molar-refractivity contribution in [2.75, 3.05) is 5.75 Å². The van der Waals surface area contributed by atoms with Crippen LogP contribution in [0.4, 0.5) is 0 Å². The van der Waals surface area contributed by atoms with Crippen LogP contribution in [0.2, 0.25) is 0 Å². The van der Waals surface area contributed by atoms with Crippen LogP contribution in [-0.2, 0) is 32.0 Å². The molecule has 0 saturated heterocycles. The molecule has 0 heterocycles. The van der Waals surface area contributed by atoms with E-state index in [1.165, 1.54) is 12.1 Å². The monoisotopic (exact) mass is 544 g/mol. The number of aliphatic carboxylic acids is 1. The minimum absolute atomic E-state index is 0.0865. The molecular formula is C27H36N4O6S. The molecule has 2 aromatic carbocycles. The Morgan fingerprint density at radius 2 is 1.39 bits per heavy atom. The molecule has 2 rings (SSSR count). The Morgan fingerprint density at radius 3 is 1.95 bits per heavy atom. The molecule has 0 aromatic heterocycles. The second-order valence-corrected chi connectivity index (χ2v) is 9.55. The minimum atomic E-state index is -1.17. The van der Waals surface area contributed by atoms with Crippen molar-refractivity contribution in [2.45, 2.75) is 57.3 Å². The van der Waals surface area contributed by atoms with Crippen LogP contribution >= 0.6 is 12.6 Å². The van der Waals surface area contributed by atoms with Gasteiger partial charge < -0.3 is 31.9 Å². The van der Waals surface area contributed by atoms with Crippen LogP contribution in [0.3, 0.4) is 0 Å². The normalized spacial score (nSPS) is 14.8. The Morgan fingerprint density at radius 1 is 0.842 bits per heavy atom. The number of nitrogens with one attached hydrogen (secondary N) is 3. The standard InChI is InChI=1S/C27H36N4O6S/c1-3-16(2)23(27(36)37)31-26(35)22(15-38)30-25(34)21(14-17-7-5-4-6-8-17)29-24(33)20(28)13-18-9-11-19(32)12-10-18/h4-12,16,20-23,32,38H,3,13-15,28H2,1-2H3,(H,29,33)(H,30,34)(H,31,35)(H,36,37). The largest absolute Gasteiger partial charge is 0.508 e. The maximum atomic E-state index is 13.3. The van der Waals surface area contributed by atoms with Crippen molar-refractivity contribution in [1.82, 2.24) is 16.0 Å². The van der Waals surface area contributed by atoms with E-state index in [9.17, 15) is 29.4 Å². The average Bonchev–Trinajstić information content (AvgIpc) is 2.90. The zero-order valence-corrected chi connectivity index (χ0v) is 22.4. The van der Waals surface area contributed by atoms with Gasteiger partial charge in [-0.15, -0.1) is 0 Å². The molecule has 0 fully saturated rings. The van der Waals surface area contributed by atoms with Gasteiger partial charge in [0.2, 0.25) is 17.7 Å². The molecule has 0 spiro atoms. The van der Waals surface area contributed by atoms with E-state index >= 15 is 0 Å². The lowest BCUT2D eigenvalue weighted by atomic mass is 9.99. The van der Waals surface area contributed by atoms with Crippen molar-refractivity contribution in [2.24, 2.45) is 11.7 Å². The maximum absolute atomic E-state index is 13.3. The van der Waals surface area contributed by atoms with Crippen LogP contribution in [0.1, 0.15) is 31.4 Å². The van der Waals surface area contributed by atoms with Gasteiger partial charge in [-0.05, 0) is 35.6 Å². The molecule has 0 radical (unpaired) electrons. The maximum Gasteiger partial charge on any atom is 0.326 e. The number of amides is 3. The highest BCUT2D eigenvalue weighted by molar-refractivity contribution is 7.80. The summed E-state index contributed by atoms with van der Waals surface area (Å²) >= 11 is 4.16. The molecule has 2 aromatic rings. The van der Waals surface area contributed by atoms with E-state index in [2.05, 4.69) is 28.6 Å². The molecule has 0 saturated carbocycles. The molecule has 7 N–H and O–H groups in total. The number of hydrogen-bond acceptors (Lipinski definition) is 7. The molecule has 0 bridgehead atoms. The fourth-order valence-corrected chi connectivity index (χ4v) is 3.98. The summed E-state index contributed by atoms with van der Waals surface area (Å²) in [6.07, 6.45) is 0.847. The molecule has 5 atom stereocenters. The van der Waals surface area contributed by atoms with Gasteiger partial charge in [-0.2, -0.15) is 12.6 Å². The Balaban J connectivity index is 2.15. The number of phenols is 1. The summed E-state index contributed by atoms with van der Waals surface area (Å²) in [6, 6.07) is 11.0. The smallest absolute Gasteiger partial charge is 0.326 e. The van der Waals surface area contributed by atoms with Gasteiger partial charge in [-0.3, -0.25) is 14.4 Å². The molecule has 11 heteroatoms. The Hall–Kier alpha value is -3.57. The second-order valence-electron chi connectivity index (χ2n) is 9.18. The van der Waals surface area contributed by atoms with Crippen LogP contribution in [0.5, 0.6) is 5.75 Å². The van der Waals surface area contributed by atoms with Crippen LogP contribution in [0, 0.1) is 5.92 Å². The van der Waals surface area contributed by atoms with E-state index in [1.807, 2.05) is 13.0 Å². The van der Waals surface area contributed by atoms with Crippen molar-refractivity contribution in [3.05, 3.63) is 65.7 Å². The van der Waals surface area contributed by atoms with Crippen molar-refractivity contribution >= 4 is 36.3 Å². The number of carbonyl (C=O) groups is 4. The number of benzene rings is 2. The van der Waals surface area contributed by atoms with Gasteiger partial charge in [-0.1, -0.05) is 62.7 Å². The lowest BCUT2D eigenvalue weighted by molar-refractivity contribution is -0.143. The predicted molar refractivity (Wildman–Crippen MR) is 147 cm³/mol. The Bertz CT molecular complexity index is 1080. The van der Waals surface area contributed by atoms with E-state index in [-0.39, 0.29) is 30.3 Å². The van der Waals surface area contributed by atoms with Crippen molar-refractivity contribution in [3.8, 4) is 5.75 Å². The number of carboxylic acid groups (broad SMARTS) is 1. The number of phenolic OH excluding ortho intramolecular Hbond substituents is 1. The third-order valence-corrected chi connectivity index (χ3v) is 6.60. The molecule has 5 unspecified atom stereocenters. The first kappa shape index (κ1) is 30.7. The van der Waals surface area contributed by atoms with Gasteiger partial charge in [0.25, 0.3) is 0 Å². The fraction of sp³-hybridized carbons (Fsp3) is 0.407. The summed E-state index contributed by atoms with van der Waals surface area (Å²) in [4.78, 5) is 50.6. The highest BCUT2D eigenvalue weighted by Crippen LogP contribution is 2.12. The summed E-state index contributed by atoms with van der Waals surface area (Å²) in [5, 5.41) is 26.7. The van der Waals surface area contributed by atoms with E-state index < -0.39 is 47.9 Å². The number of carboxylic acids is 1. The van der Waals surface area contributed by atoms with Gasteiger partial charge in [-0.25, -0.2) is 4.79 Å². The first-order valence-electron chi connectivity index (χ1n) is 12.4. The highest BCUT2D eigenvalue weighted by atomic mass is 32.1. The quantitative estimate of drug-likeness (QED) is 0.174. The van der Waals surface area contributed by atoms with E-state index in [4.69, 9.17) is 5.73 Å². The van der Waals surface area contributed by atoms with Crippen molar-refractivity contribution in [3.63, 3.8) is 0 Å². The summed E-state index contributed by atoms with van der Waals surface area (Å²) in [6.45, 7) is 3.52. The molecule has 0 aliphatic rings. The zero-order chi connectivity index (χ0) is 28.2. The second kappa shape index (κ2) is 15.0. The molecular weight excluding hydrogens is 508 g/mol. The van der Waals surface area contributed by atoms with E-state index in [1.54, 1.807) is 43.3 Å².